The van der Waals surface area contributed by atoms with E-state index in [2.05, 4.69) is 35.8 Å². The molecule has 0 radical (unpaired) electrons. The van der Waals surface area contributed by atoms with Crippen molar-refractivity contribution in [3.05, 3.63) is 98.0 Å². The number of nitrogens with one attached hydrogen (secondary N) is 1. The van der Waals surface area contributed by atoms with E-state index in [4.69, 9.17) is 4.74 Å². The molecular formula is C27H22BrF3N4O2. The lowest BCUT2D eigenvalue weighted by molar-refractivity contribution is -0.137. The summed E-state index contributed by atoms with van der Waals surface area (Å²) < 4.78 is 45.0. The van der Waals surface area contributed by atoms with Gasteiger partial charge in [0.1, 0.15) is 11.6 Å². The third-order valence-electron chi connectivity index (χ3n) is 6.30. The van der Waals surface area contributed by atoms with Crippen LogP contribution in [-0.2, 0) is 25.7 Å². The molecule has 0 spiro atoms. The molecule has 2 aromatic heterocycles. The van der Waals surface area contributed by atoms with Crippen molar-refractivity contribution in [2.24, 2.45) is 0 Å². The Morgan fingerprint density at radius 3 is 2.57 bits per heavy atom. The molecule has 6 nitrogen and oxygen atoms in total. The monoisotopic (exact) mass is 570 g/mol. The number of benzene rings is 2. The van der Waals surface area contributed by atoms with Gasteiger partial charge in [-0.15, -0.1) is 0 Å². The van der Waals surface area contributed by atoms with Gasteiger partial charge in [-0.1, -0.05) is 34.1 Å². The van der Waals surface area contributed by atoms with E-state index in [9.17, 15) is 18.0 Å². The number of methoxy groups -OCH3 is 1. The second-order valence-electron chi connectivity index (χ2n) is 8.77. The van der Waals surface area contributed by atoms with E-state index in [0.29, 0.717) is 42.9 Å². The van der Waals surface area contributed by atoms with Gasteiger partial charge >= 0.3 is 6.18 Å². The van der Waals surface area contributed by atoms with Crippen LogP contribution in [0.5, 0.6) is 5.75 Å². The van der Waals surface area contributed by atoms with Gasteiger partial charge in [-0.3, -0.25) is 14.7 Å². The van der Waals surface area contributed by atoms with Gasteiger partial charge in [0.05, 0.1) is 29.6 Å². The highest BCUT2D eigenvalue weighted by Crippen LogP contribution is 2.32. The van der Waals surface area contributed by atoms with Gasteiger partial charge < -0.3 is 9.72 Å². The van der Waals surface area contributed by atoms with Crippen molar-refractivity contribution in [2.75, 3.05) is 13.7 Å². The number of hydrogen-bond acceptors (Lipinski definition) is 5. The van der Waals surface area contributed by atoms with E-state index in [-0.39, 0.29) is 11.4 Å². The minimum Gasteiger partial charge on any atom is -0.496 e. The highest BCUT2D eigenvalue weighted by molar-refractivity contribution is 9.10. The van der Waals surface area contributed by atoms with Crippen LogP contribution in [0.2, 0.25) is 0 Å². The number of hydrogen-bond donors (Lipinski definition) is 1. The summed E-state index contributed by atoms with van der Waals surface area (Å²) in [7, 11) is 1.62. The number of ether oxygens (including phenoxy) is 1. The lowest BCUT2D eigenvalue weighted by Gasteiger charge is -2.27. The molecule has 1 N–H and O–H groups in total. The maximum absolute atomic E-state index is 12.9. The summed E-state index contributed by atoms with van der Waals surface area (Å²) in [6.45, 7) is 1.73. The fraction of sp³-hybridized carbons (Fsp3) is 0.222. The van der Waals surface area contributed by atoms with Gasteiger partial charge in [0.25, 0.3) is 5.56 Å². The fourth-order valence-corrected chi connectivity index (χ4v) is 4.75. The first-order valence-electron chi connectivity index (χ1n) is 11.5. The molecular weight excluding hydrogens is 549 g/mol. The van der Waals surface area contributed by atoms with Gasteiger partial charge in [0.15, 0.2) is 0 Å². The van der Waals surface area contributed by atoms with Gasteiger partial charge in [-0.05, 0) is 42.0 Å². The minimum absolute atomic E-state index is 0.272. The first kappa shape index (κ1) is 25.2. The van der Waals surface area contributed by atoms with Crippen LogP contribution in [0.4, 0.5) is 13.2 Å². The molecule has 0 saturated carbocycles. The van der Waals surface area contributed by atoms with E-state index in [0.717, 1.165) is 39.2 Å². The SMILES string of the molecule is COc1ccc(Br)cc1-c1ccc(CN2CCc3nc(-c4ccc(C(F)(F)F)cc4)[nH]c(=O)c3C2)cn1. The van der Waals surface area contributed by atoms with E-state index in [1.165, 1.54) is 12.1 Å². The Morgan fingerprint density at radius 2 is 1.89 bits per heavy atom. The van der Waals surface area contributed by atoms with Crippen molar-refractivity contribution in [2.45, 2.75) is 25.7 Å². The van der Waals surface area contributed by atoms with Crippen LogP contribution in [-0.4, -0.2) is 33.5 Å². The molecule has 0 atom stereocenters. The first-order valence-corrected chi connectivity index (χ1v) is 12.3. The summed E-state index contributed by atoms with van der Waals surface area (Å²) in [5, 5.41) is 0. The van der Waals surface area contributed by atoms with Crippen LogP contribution >= 0.6 is 15.9 Å². The Balaban J connectivity index is 1.30. The quantitative estimate of drug-likeness (QED) is 0.326. The second-order valence-corrected chi connectivity index (χ2v) is 9.69. The molecule has 0 amide bonds. The summed E-state index contributed by atoms with van der Waals surface area (Å²) in [5.41, 5.74) is 3.34. The maximum atomic E-state index is 12.9. The molecule has 1 aliphatic heterocycles. The molecule has 0 bridgehead atoms. The van der Waals surface area contributed by atoms with E-state index < -0.39 is 11.7 Å². The maximum Gasteiger partial charge on any atom is 0.416 e. The average Bonchev–Trinajstić information content (AvgIpc) is 2.89. The van der Waals surface area contributed by atoms with Crippen LogP contribution in [0.1, 0.15) is 22.4 Å². The Labute approximate surface area is 219 Å². The predicted octanol–water partition coefficient (Wildman–Crippen LogP) is 5.85. The molecule has 5 rings (SSSR count). The number of aromatic amines is 1. The number of H-pyrrole nitrogens is 1. The van der Waals surface area contributed by atoms with Crippen molar-refractivity contribution >= 4 is 15.9 Å². The highest BCUT2D eigenvalue weighted by atomic mass is 79.9. The Hall–Kier alpha value is -3.50. The molecule has 1 aliphatic rings. The Morgan fingerprint density at radius 1 is 1.11 bits per heavy atom. The highest BCUT2D eigenvalue weighted by Gasteiger charge is 2.30. The fourth-order valence-electron chi connectivity index (χ4n) is 4.39. The summed E-state index contributed by atoms with van der Waals surface area (Å²) >= 11 is 3.49. The van der Waals surface area contributed by atoms with Gasteiger partial charge in [-0.2, -0.15) is 13.2 Å². The van der Waals surface area contributed by atoms with E-state index in [1.807, 2.05) is 36.5 Å². The molecule has 3 heterocycles. The summed E-state index contributed by atoms with van der Waals surface area (Å²) in [5.74, 6) is 1.01. The van der Waals surface area contributed by atoms with E-state index in [1.54, 1.807) is 7.11 Å². The molecule has 0 fully saturated rings. The van der Waals surface area contributed by atoms with Crippen LogP contribution in [0.15, 0.2) is 70.1 Å². The predicted molar refractivity (Wildman–Crippen MR) is 137 cm³/mol. The lowest BCUT2D eigenvalue weighted by Crippen LogP contribution is -2.35. The molecule has 37 heavy (non-hydrogen) atoms. The van der Waals surface area contributed by atoms with E-state index >= 15 is 0 Å². The molecule has 2 aromatic carbocycles. The molecule has 0 saturated heterocycles. The largest absolute Gasteiger partial charge is 0.496 e. The van der Waals surface area contributed by atoms with Crippen molar-refractivity contribution in [3.63, 3.8) is 0 Å². The topological polar surface area (TPSA) is 71.1 Å². The van der Waals surface area contributed by atoms with Crippen LogP contribution in [0.25, 0.3) is 22.6 Å². The third kappa shape index (κ3) is 5.45. The van der Waals surface area contributed by atoms with Crippen LogP contribution < -0.4 is 10.3 Å². The Kier molecular flexibility index (Phi) is 6.87. The lowest BCUT2D eigenvalue weighted by atomic mass is 10.0. The zero-order valence-electron chi connectivity index (χ0n) is 19.8. The van der Waals surface area contributed by atoms with Crippen molar-refractivity contribution < 1.29 is 17.9 Å². The number of rotatable bonds is 5. The molecule has 190 valence electrons. The molecule has 10 heteroatoms. The first-order chi connectivity index (χ1) is 17.7. The van der Waals surface area contributed by atoms with Crippen molar-refractivity contribution in [1.29, 1.82) is 0 Å². The van der Waals surface area contributed by atoms with Crippen LogP contribution in [0.3, 0.4) is 0 Å². The number of fused-ring (bicyclic) bond motifs is 1. The van der Waals surface area contributed by atoms with Crippen LogP contribution in [0, 0.1) is 0 Å². The zero-order chi connectivity index (χ0) is 26.2. The smallest absolute Gasteiger partial charge is 0.416 e. The minimum atomic E-state index is -4.42. The number of nitrogens with zero attached hydrogens (tertiary/aromatic N) is 3. The third-order valence-corrected chi connectivity index (χ3v) is 6.79. The van der Waals surface area contributed by atoms with Gasteiger partial charge in [-0.25, -0.2) is 4.98 Å². The number of pyridine rings is 1. The molecule has 0 aliphatic carbocycles. The summed E-state index contributed by atoms with van der Waals surface area (Å²) in [6, 6.07) is 14.3. The normalized spacial score (nSPS) is 13.9. The van der Waals surface area contributed by atoms with Crippen molar-refractivity contribution in [3.8, 4) is 28.4 Å². The summed E-state index contributed by atoms with van der Waals surface area (Å²) in [4.78, 5) is 26.9. The van der Waals surface area contributed by atoms with Gasteiger partial charge in [0, 0.05) is 47.9 Å². The Bertz CT molecular complexity index is 1490. The molecule has 4 aromatic rings. The zero-order valence-corrected chi connectivity index (χ0v) is 21.4. The second kappa shape index (κ2) is 10.1. The number of halogens is 4. The molecule has 0 unspecified atom stereocenters. The summed E-state index contributed by atoms with van der Waals surface area (Å²) in [6.07, 6.45) is -2.03. The number of alkyl halides is 3. The standard InChI is InChI=1S/C27H22BrF3N4O2/c1-37-24-9-7-19(28)12-20(24)22-8-2-16(13-32-22)14-35-11-10-23-21(15-35)26(36)34-25(33-23)17-3-5-18(6-4-17)27(29,30)31/h2-9,12-13H,10-11,14-15H2,1H3,(H,33,34,36). The van der Waals surface area contributed by atoms with Gasteiger partial charge in [0.2, 0.25) is 0 Å². The number of aromatic nitrogens is 3. The average molecular weight is 571 g/mol. The van der Waals surface area contributed by atoms with Crippen molar-refractivity contribution in [1.82, 2.24) is 19.9 Å².